The van der Waals surface area contributed by atoms with Gasteiger partial charge in [0.1, 0.15) is 11.6 Å². The number of aliphatic carboxylic acids is 1. The van der Waals surface area contributed by atoms with Gasteiger partial charge in [-0.15, -0.1) is 0 Å². The van der Waals surface area contributed by atoms with Crippen LogP contribution in [0.15, 0.2) is 11.1 Å². The number of esters is 1. The van der Waals surface area contributed by atoms with Crippen LogP contribution in [0.1, 0.15) is 80.1 Å². The Morgan fingerprint density at radius 2 is 1.72 bits per heavy atom. The van der Waals surface area contributed by atoms with Gasteiger partial charge in [0, 0.05) is 60.0 Å². The van der Waals surface area contributed by atoms with Crippen LogP contribution in [0.25, 0.3) is 0 Å². The number of carboxylic acids is 1. The highest BCUT2D eigenvalue weighted by molar-refractivity contribution is 6.17. The first-order chi connectivity index (χ1) is 16.6. The second-order valence-corrected chi connectivity index (χ2v) is 12.4. The van der Waals surface area contributed by atoms with E-state index in [0.717, 1.165) is 0 Å². The van der Waals surface area contributed by atoms with E-state index in [2.05, 4.69) is 0 Å². The van der Waals surface area contributed by atoms with Crippen LogP contribution in [-0.2, 0) is 33.5 Å². The summed E-state index contributed by atoms with van der Waals surface area (Å²) in [5.74, 6) is -4.45. The van der Waals surface area contributed by atoms with Gasteiger partial charge in [-0.25, -0.2) is 0 Å². The molecule has 0 aromatic heterocycles. The van der Waals surface area contributed by atoms with E-state index in [1.807, 2.05) is 27.7 Å². The summed E-state index contributed by atoms with van der Waals surface area (Å²) in [6, 6.07) is 0. The molecule has 2 saturated carbocycles. The number of Topliss-reactive ketones (excluding diaryl/α,β-unsaturated/α-hetero) is 4. The minimum absolute atomic E-state index is 0.0516. The van der Waals surface area contributed by atoms with Crippen molar-refractivity contribution >= 4 is 35.1 Å². The van der Waals surface area contributed by atoms with Crippen LogP contribution in [-0.4, -0.2) is 46.3 Å². The Hall–Kier alpha value is -2.64. The summed E-state index contributed by atoms with van der Waals surface area (Å²) in [5.41, 5.74) is -2.26. The molecule has 0 amide bonds. The second kappa shape index (κ2) is 8.45. The fourth-order valence-corrected chi connectivity index (χ4v) is 8.16. The SMILES string of the molecule is CC(=O)O[C@@H]1C(=O)C2=C(C(=O)C[C@H]3C(C)(C)C(=O)CC[C@]23C)[C@@H]2C(=O)C[C@H]([C@H](C)CCC(=O)O)[C@]21C. The lowest BCUT2D eigenvalue weighted by atomic mass is 9.45. The monoisotopic (exact) mass is 500 g/mol. The molecule has 0 aliphatic heterocycles. The molecule has 0 spiro atoms. The highest BCUT2D eigenvalue weighted by Crippen LogP contribution is 2.65. The third-order valence-electron chi connectivity index (χ3n) is 10.0. The zero-order valence-electron chi connectivity index (χ0n) is 21.9. The van der Waals surface area contributed by atoms with Crippen molar-refractivity contribution in [2.45, 2.75) is 86.2 Å². The van der Waals surface area contributed by atoms with E-state index in [1.54, 1.807) is 6.92 Å². The molecule has 0 aromatic carbocycles. The van der Waals surface area contributed by atoms with E-state index in [9.17, 15) is 33.9 Å². The molecule has 0 radical (unpaired) electrons. The number of fused-ring (bicyclic) bond motifs is 4. The maximum atomic E-state index is 14.3. The summed E-state index contributed by atoms with van der Waals surface area (Å²) in [6.07, 6.45) is -0.227. The summed E-state index contributed by atoms with van der Waals surface area (Å²) in [4.78, 5) is 78.0. The predicted molar refractivity (Wildman–Crippen MR) is 128 cm³/mol. The topological polar surface area (TPSA) is 132 Å². The summed E-state index contributed by atoms with van der Waals surface area (Å²) in [5, 5.41) is 9.19. The molecule has 0 bridgehead atoms. The van der Waals surface area contributed by atoms with Crippen LogP contribution in [0.5, 0.6) is 0 Å². The van der Waals surface area contributed by atoms with Gasteiger partial charge in [-0.2, -0.15) is 0 Å². The molecule has 36 heavy (non-hydrogen) atoms. The normalized spacial score (nSPS) is 38.3. The van der Waals surface area contributed by atoms with Gasteiger partial charge >= 0.3 is 11.9 Å². The van der Waals surface area contributed by atoms with E-state index in [4.69, 9.17) is 4.74 Å². The lowest BCUT2D eigenvalue weighted by Crippen LogP contribution is -2.61. The highest BCUT2D eigenvalue weighted by atomic mass is 16.5. The zero-order valence-corrected chi connectivity index (χ0v) is 21.9. The number of hydrogen-bond donors (Lipinski definition) is 1. The summed E-state index contributed by atoms with van der Waals surface area (Å²) >= 11 is 0. The lowest BCUT2D eigenvalue weighted by molar-refractivity contribution is -0.169. The summed E-state index contributed by atoms with van der Waals surface area (Å²) in [7, 11) is 0. The van der Waals surface area contributed by atoms with E-state index >= 15 is 0 Å². The fraction of sp³-hybridized carbons (Fsp3) is 0.714. The van der Waals surface area contributed by atoms with E-state index in [0.29, 0.717) is 12.8 Å². The first-order valence-electron chi connectivity index (χ1n) is 12.9. The number of hydrogen-bond acceptors (Lipinski definition) is 7. The first kappa shape index (κ1) is 26.4. The molecule has 0 heterocycles. The second-order valence-electron chi connectivity index (χ2n) is 12.4. The quantitative estimate of drug-likeness (QED) is 0.568. The number of ether oxygens (including phenoxy) is 1. The third-order valence-corrected chi connectivity index (χ3v) is 10.0. The number of carbonyl (C=O) groups excluding carboxylic acids is 5. The minimum Gasteiger partial charge on any atom is -0.481 e. The van der Waals surface area contributed by atoms with Gasteiger partial charge in [-0.1, -0.05) is 34.6 Å². The standard InChI is InChI=1S/C28H36O8/c1-13(7-8-20(33)34)15-11-17(31)22-21-16(30)12-18-26(3,4)19(32)9-10-27(18,5)23(21)24(35)25(28(15,22)6)36-14(2)29/h13,15,18,22,25H,7-12H2,1-6H3,(H,33,34)/t13-,15-,18+,22+,25-,27+,28-/m1/s1. The Morgan fingerprint density at radius 3 is 2.31 bits per heavy atom. The number of carboxylic acid groups (broad SMARTS) is 1. The fourth-order valence-electron chi connectivity index (χ4n) is 8.16. The summed E-state index contributed by atoms with van der Waals surface area (Å²) < 4.78 is 5.69. The average molecular weight is 501 g/mol. The van der Waals surface area contributed by atoms with E-state index in [-0.39, 0.29) is 60.1 Å². The minimum atomic E-state index is -1.26. The van der Waals surface area contributed by atoms with E-state index in [1.165, 1.54) is 6.92 Å². The van der Waals surface area contributed by atoms with Crippen molar-refractivity contribution in [1.82, 2.24) is 0 Å². The van der Waals surface area contributed by atoms with Crippen molar-refractivity contribution in [2.24, 2.45) is 39.9 Å². The van der Waals surface area contributed by atoms with Gasteiger partial charge in [-0.3, -0.25) is 28.8 Å². The molecule has 0 aromatic rings. The van der Waals surface area contributed by atoms with Gasteiger partial charge in [0.05, 0.1) is 5.92 Å². The molecule has 8 nitrogen and oxygen atoms in total. The molecule has 0 unspecified atom stereocenters. The van der Waals surface area contributed by atoms with Gasteiger partial charge in [-0.05, 0) is 30.6 Å². The van der Waals surface area contributed by atoms with Crippen molar-refractivity contribution in [2.75, 3.05) is 0 Å². The van der Waals surface area contributed by atoms with Crippen LogP contribution in [0.3, 0.4) is 0 Å². The maximum absolute atomic E-state index is 14.3. The number of rotatable bonds is 5. The molecule has 4 aliphatic carbocycles. The smallest absolute Gasteiger partial charge is 0.303 e. The van der Waals surface area contributed by atoms with Crippen molar-refractivity contribution in [3.63, 3.8) is 0 Å². The van der Waals surface area contributed by atoms with Crippen molar-refractivity contribution in [1.29, 1.82) is 0 Å². The lowest BCUT2D eigenvalue weighted by Gasteiger charge is -2.57. The van der Waals surface area contributed by atoms with Gasteiger partial charge in [0.25, 0.3) is 0 Å². The Kier molecular flexibility index (Phi) is 6.20. The Bertz CT molecular complexity index is 1110. The molecule has 7 atom stereocenters. The van der Waals surface area contributed by atoms with Crippen LogP contribution < -0.4 is 0 Å². The van der Waals surface area contributed by atoms with Crippen molar-refractivity contribution < 1.29 is 38.6 Å². The molecule has 8 heteroatoms. The largest absolute Gasteiger partial charge is 0.481 e. The van der Waals surface area contributed by atoms with E-state index < -0.39 is 57.8 Å². The number of carbonyl (C=O) groups is 6. The van der Waals surface area contributed by atoms with Crippen molar-refractivity contribution in [3.8, 4) is 0 Å². The molecular weight excluding hydrogens is 464 g/mol. The number of ketones is 4. The highest BCUT2D eigenvalue weighted by Gasteiger charge is 2.69. The Labute approximate surface area is 211 Å². The molecule has 4 aliphatic rings. The average Bonchev–Trinajstić information content (AvgIpc) is 3.04. The summed E-state index contributed by atoms with van der Waals surface area (Å²) in [6.45, 7) is 10.4. The van der Waals surface area contributed by atoms with Crippen LogP contribution in [0, 0.1) is 39.9 Å². The zero-order chi connectivity index (χ0) is 27.0. The molecular formula is C28H36O8. The van der Waals surface area contributed by atoms with Crippen LogP contribution in [0.2, 0.25) is 0 Å². The Balaban J connectivity index is 1.92. The van der Waals surface area contributed by atoms with Gasteiger partial charge in [0.15, 0.2) is 11.9 Å². The third kappa shape index (κ3) is 3.54. The Morgan fingerprint density at radius 1 is 1.08 bits per heavy atom. The predicted octanol–water partition coefficient (Wildman–Crippen LogP) is 3.49. The van der Waals surface area contributed by atoms with Crippen LogP contribution in [0.4, 0.5) is 0 Å². The number of allylic oxidation sites excluding steroid dienone is 1. The molecule has 196 valence electrons. The first-order valence-corrected chi connectivity index (χ1v) is 12.9. The van der Waals surface area contributed by atoms with Crippen molar-refractivity contribution in [3.05, 3.63) is 11.1 Å². The van der Waals surface area contributed by atoms with Gasteiger partial charge < -0.3 is 9.84 Å². The molecule has 4 rings (SSSR count). The molecule has 0 saturated heterocycles. The van der Waals surface area contributed by atoms with Gasteiger partial charge in [0.2, 0.25) is 5.78 Å². The van der Waals surface area contributed by atoms with Crippen LogP contribution >= 0.6 is 0 Å². The molecule has 1 N–H and O–H groups in total. The molecule has 2 fully saturated rings. The maximum Gasteiger partial charge on any atom is 0.303 e.